The smallest absolute Gasteiger partial charge is 0.410 e. The van der Waals surface area contributed by atoms with Gasteiger partial charge in [0.25, 0.3) is 0 Å². The maximum Gasteiger partial charge on any atom is 0.410 e. The number of hydrogen-bond acceptors (Lipinski definition) is 4. The van der Waals surface area contributed by atoms with E-state index in [1.165, 1.54) is 25.7 Å². The molecule has 3 atom stereocenters. The normalized spacial score (nSPS) is 32.4. The molecule has 5 fully saturated rings. The molecule has 0 N–H and O–H groups in total. The van der Waals surface area contributed by atoms with Crippen molar-refractivity contribution in [2.45, 2.75) is 64.0 Å². The quantitative estimate of drug-likeness (QED) is 0.769. The molecule has 6 nitrogen and oxygen atoms in total. The molecule has 6 heteroatoms. The lowest BCUT2D eigenvalue weighted by Gasteiger charge is -2.55. The van der Waals surface area contributed by atoms with Crippen molar-refractivity contribution in [1.82, 2.24) is 14.7 Å². The summed E-state index contributed by atoms with van der Waals surface area (Å²) in [6.45, 7) is 7.22. The highest BCUT2D eigenvalue weighted by Crippen LogP contribution is 2.40. The van der Waals surface area contributed by atoms with Crippen molar-refractivity contribution in [3.05, 3.63) is 0 Å². The van der Waals surface area contributed by atoms with Gasteiger partial charge in [0.05, 0.1) is 6.61 Å². The molecule has 4 heterocycles. The Bertz CT molecular complexity index is 528. The van der Waals surface area contributed by atoms with Gasteiger partial charge >= 0.3 is 6.09 Å². The van der Waals surface area contributed by atoms with Crippen LogP contribution in [0.2, 0.25) is 0 Å². The summed E-state index contributed by atoms with van der Waals surface area (Å²) < 4.78 is 5.22. The molecule has 146 valence electrons. The zero-order chi connectivity index (χ0) is 18.1. The lowest BCUT2D eigenvalue weighted by atomic mass is 9.74. The fourth-order valence-electron chi connectivity index (χ4n) is 5.49. The standard InChI is InChI=1S/C20H33N3O3/c1-2-26-20(25)23-14-16-6-7-17(23)11-18(16)22-12-15(13-22)10-19(24)21-8-4-3-5-9-21/h15-18H,2-14H2,1H3. The van der Waals surface area contributed by atoms with E-state index in [1.807, 2.05) is 11.8 Å². The van der Waals surface area contributed by atoms with Crippen molar-refractivity contribution in [3.8, 4) is 0 Å². The van der Waals surface area contributed by atoms with Gasteiger partial charge in [0.15, 0.2) is 0 Å². The van der Waals surface area contributed by atoms with E-state index in [2.05, 4.69) is 9.80 Å². The van der Waals surface area contributed by atoms with E-state index < -0.39 is 0 Å². The van der Waals surface area contributed by atoms with Crippen LogP contribution in [0.3, 0.4) is 0 Å². The Balaban J connectivity index is 1.24. The third-order valence-corrected chi connectivity index (χ3v) is 6.93. The van der Waals surface area contributed by atoms with Crippen LogP contribution < -0.4 is 0 Å². The molecule has 3 unspecified atom stereocenters. The first kappa shape index (κ1) is 18.1. The number of hydrogen-bond donors (Lipinski definition) is 0. The lowest BCUT2D eigenvalue weighted by molar-refractivity contribution is -0.135. The second-order valence-electron chi connectivity index (χ2n) is 8.61. The molecule has 26 heavy (non-hydrogen) atoms. The summed E-state index contributed by atoms with van der Waals surface area (Å²) in [6, 6.07) is 0.943. The number of fused-ring (bicyclic) bond motifs is 3. The van der Waals surface area contributed by atoms with Crippen LogP contribution >= 0.6 is 0 Å². The van der Waals surface area contributed by atoms with Gasteiger partial charge in [-0.05, 0) is 57.3 Å². The molecule has 0 aromatic heterocycles. The van der Waals surface area contributed by atoms with Crippen molar-refractivity contribution in [2.75, 3.05) is 39.3 Å². The Morgan fingerprint density at radius 2 is 1.81 bits per heavy atom. The third-order valence-electron chi connectivity index (χ3n) is 6.93. The minimum absolute atomic E-state index is 0.130. The van der Waals surface area contributed by atoms with Gasteiger partial charge in [-0.2, -0.15) is 0 Å². The van der Waals surface area contributed by atoms with Gasteiger partial charge in [-0.1, -0.05) is 0 Å². The predicted octanol–water partition coefficient (Wildman–Crippen LogP) is 2.33. The summed E-state index contributed by atoms with van der Waals surface area (Å²) in [6.07, 6.45) is 7.63. The molecule has 1 saturated carbocycles. The van der Waals surface area contributed by atoms with Crippen molar-refractivity contribution >= 4 is 12.0 Å². The molecule has 2 amide bonds. The second kappa shape index (κ2) is 7.75. The van der Waals surface area contributed by atoms with Crippen molar-refractivity contribution in [1.29, 1.82) is 0 Å². The second-order valence-corrected chi connectivity index (χ2v) is 8.61. The van der Waals surface area contributed by atoms with Crippen LogP contribution in [-0.4, -0.2) is 78.1 Å². The first-order chi connectivity index (χ1) is 12.7. The fourth-order valence-corrected chi connectivity index (χ4v) is 5.49. The molecular formula is C20H33N3O3. The predicted molar refractivity (Wildman–Crippen MR) is 98.8 cm³/mol. The molecule has 0 aromatic rings. The number of amides is 2. The number of piperidine rings is 3. The van der Waals surface area contributed by atoms with E-state index in [0.717, 1.165) is 52.0 Å². The van der Waals surface area contributed by atoms with Crippen LogP contribution in [0.25, 0.3) is 0 Å². The molecule has 0 radical (unpaired) electrons. The summed E-state index contributed by atoms with van der Waals surface area (Å²) in [4.78, 5) is 31.2. The van der Waals surface area contributed by atoms with E-state index in [1.54, 1.807) is 0 Å². The minimum atomic E-state index is -0.130. The Morgan fingerprint density at radius 3 is 2.46 bits per heavy atom. The zero-order valence-electron chi connectivity index (χ0n) is 16.1. The molecule has 1 aliphatic carbocycles. The van der Waals surface area contributed by atoms with Gasteiger partial charge in [0, 0.05) is 51.2 Å². The Labute approximate surface area is 156 Å². The first-order valence-electron chi connectivity index (χ1n) is 10.6. The molecule has 0 aromatic carbocycles. The number of nitrogens with zero attached hydrogens (tertiary/aromatic N) is 3. The molecule has 4 saturated heterocycles. The Hall–Kier alpha value is -1.30. The van der Waals surface area contributed by atoms with Crippen molar-refractivity contribution < 1.29 is 14.3 Å². The average molecular weight is 364 g/mol. The lowest BCUT2D eigenvalue weighted by Crippen LogP contribution is -2.64. The highest BCUT2D eigenvalue weighted by atomic mass is 16.6. The topological polar surface area (TPSA) is 53.1 Å². The maximum atomic E-state index is 12.4. The summed E-state index contributed by atoms with van der Waals surface area (Å²) >= 11 is 0. The first-order valence-corrected chi connectivity index (χ1v) is 10.6. The minimum Gasteiger partial charge on any atom is -0.450 e. The molecule has 4 aliphatic heterocycles. The highest BCUT2D eigenvalue weighted by molar-refractivity contribution is 5.76. The molecule has 2 bridgehead atoms. The maximum absolute atomic E-state index is 12.4. The van der Waals surface area contributed by atoms with Gasteiger partial charge in [0.2, 0.25) is 5.91 Å². The zero-order valence-corrected chi connectivity index (χ0v) is 16.1. The largest absolute Gasteiger partial charge is 0.450 e. The third kappa shape index (κ3) is 3.57. The van der Waals surface area contributed by atoms with E-state index in [0.29, 0.717) is 36.4 Å². The van der Waals surface area contributed by atoms with E-state index >= 15 is 0 Å². The van der Waals surface area contributed by atoms with Crippen LogP contribution in [0.1, 0.15) is 51.9 Å². The average Bonchev–Trinajstić information content (AvgIpc) is 2.65. The van der Waals surface area contributed by atoms with Crippen molar-refractivity contribution in [2.24, 2.45) is 11.8 Å². The van der Waals surface area contributed by atoms with E-state index in [9.17, 15) is 9.59 Å². The van der Waals surface area contributed by atoms with Crippen LogP contribution in [0.15, 0.2) is 0 Å². The van der Waals surface area contributed by atoms with Gasteiger partial charge in [-0.3, -0.25) is 9.69 Å². The van der Waals surface area contributed by atoms with Crippen LogP contribution in [0.5, 0.6) is 0 Å². The van der Waals surface area contributed by atoms with Crippen LogP contribution in [-0.2, 0) is 9.53 Å². The van der Waals surface area contributed by atoms with Crippen molar-refractivity contribution in [3.63, 3.8) is 0 Å². The van der Waals surface area contributed by atoms with Crippen LogP contribution in [0.4, 0.5) is 4.79 Å². The van der Waals surface area contributed by atoms with Gasteiger partial charge in [0.1, 0.15) is 0 Å². The van der Waals surface area contributed by atoms with E-state index in [-0.39, 0.29) is 6.09 Å². The highest BCUT2D eigenvalue weighted by Gasteiger charge is 2.47. The Morgan fingerprint density at radius 1 is 1.04 bits per heavy atom. The summed E-state index contributed by atoms with van der Waals surface area (Å²) in [5.41, 5.74) is 0. The molecule has 5 aliphatic rings. The van der Waals surface area contributed by atoms with Gasteiger partial charge in [-0.15, -0.1) is 0 Å². The van der Waals surface area contributed by atoms with Crippen LogP contribution in [0, 0.1) is 11.8 Å². The SMILES string of the molecule is CCOC(=O)N1CC2CCC1CC2N1CC(CC(=O)N2CCCCC2)C1. The fraction of sp³-hybridized carbons (Fsp3) is 0.900. The van der Waals surface area contributed by atoms with E-state index in [4.69, 9.17) is 4.74 Å². The molecule has 0 spiro atoms. The number of carbonyl (C=O) groups is 2. The van der Waals surface area contributed by atoms with Gasteiger partial charge < -0.3 is 14.5 Å². The number of rotatable bonds is 4. The number of ether oxygens (including phenoxy) is 1. The molecular weight excluding hydrogens is 330 g/mol. The summed E-state index contributed by atoms with van der Waals surface area (Å²) in [5, 5.41) is 0. The number of likely N-dealkylation sites (tertiary alicyclic amines) is 2. The monoisotopic (exact) mass is 363 g/mol. The summed E-state index contributed by atoms with van der Waals surface area (Å²) in [5.74, 6) is 1.47. The number of carbonyl (C=O) groups excluding carboxylic acids is 2. The molecule has 5 rings (SSSR count). The Kier molecular flexibility index (Phi) is 5.39. The summed E-state index contributed by atoms with van der Waals surface area (Å²) in [7, 11) is 0. The van der Waals surface area contributed by atoms with Gasteiger partial charge in [-0.25, -0.2) is 4.79 Å².